The number of aromatic nitrogens is 2. The highest BCUT2D eigenvalue weighted by Gasteiger charge is 2.30. The molecule has 15 heavy (non-hydrogen) atoms. The SMILES string of the molecule is Cc1ncncc1N1CC(CS)CC1=O. The molecule has 1 aliphatic rings. The second-order valence-electron chi connectivity index (χ2n) is 3.75. The van der Waals surface area contributed by atoms with E-state index < -0.39 is 0 Å². The Hall–Kier alpha value is -1.10. The zero-order chi connectivity index (χ0) is 10.8. The van der Waals surface area contributed by atoms with Gasteiger partial charge < -0.3 is 4.90 Å². The van der Waals surface area contributed by atoms with E-state index >= 15 is 0 Å². The van der Waals surface area contributed by atoms with E-state index in [0.717, 1.165) is 23.7 Å². The quantitative estimate of drug-likeness (QED) is 0.763. The molecule has 0 N–H and O–H groups in total. The molecule has 1 fully saturated rings. The smallest absolute Gasteiger partial charge is 0.227 e. The molecule has 1 unspecified atom stereocenters. The van der Waals surface area contributed by atoms with Crippen LogP contribution in [0, 0.1) is 12.8 Å². The Balaban J connectivity index is 2.25. The number of aryl methyl sites for hydroxylation is 1. The molecule has 0 bridgehead atoms. The van der Waals surface area contributed by atoms with E-state index in [1.165, 1.54) is 6.33 Å². The third kappa shape index (κ3) is 1.97. The second kappa shape index (κ2) is 4.18. The van der Waals surface area contributed by atoms with Crippen LogP contribution in [0.4, 0.5) is 5.69 Å². The lowest BCUT2D eigenvalue weighted by molar-refractivity contribution is -0.117. The fourth-order valence-corrected chi connectivity index (χ4v) is 2.03. The molecule has 1 aromatic heterocycles. The summed E-state index contributed by atoms with van der Waals surface area (Å²) >= 11 is 4.23. The van der Waals surface area contributed by atoms with Crippen molar-refractivity contribution in [3.63, 3.8) is 0 Å². The number of carbonyl (C=O) groups excluding carboxylic acids is 1. The zero-order valence-corrected chi connectivity index (χ0v) is 9.44. The molecule has 5 heteroatoms. The van der Waals surface area contributed by atoms with Gasteiger partial charge in [0.1, 0.15) is 6.33 Å². The van der Waals surface area contributed by atoms with Gasteiger partial charge in [-0.25, -0.2) is 9.97 Å². The van der Waals surface area contributed by atoms with E-state index in [0.29, 0.717) is 12.3 Å². The molecule has 1 saturated heterocycles. The molecule has 0 aliphatic carbocycles. The number of rotatable bonds is 2. The number of hydrogen-bond donors (Lipinski definition) is 1. The summed E-state index contributed by atoms with van der Waals surface area (Å²) in [5, 5.41) is 0. The van der Waals surface area contributed by atoms with Crippen molar-refractivity contribution in [2.45, 2.75) is 13.3 Å². The average Bonchev–Trinajstić information content (AvgIpc) is 2.60. The van der Waals surface area contributed by atoms with Crippen LogP contribution in [0.15, 0.2) is 12.5 Å². The average molecular weight is 223 g/mol. The molecule has 2 rings (SSSR count). The van der Waals surface area contributed by atoms with Gasteiger partial charge >= 0.3 is 0 Å². The fraction of sp³-hybridized carbons (Fsp3) is 0.500. The minimum absolute atomic E-state index is 0.145. The van der Waals surface area contributed by atoms with Crippen LogP contribution in [0.25, 0.3) is 0 Å². The number of anilines is 1. The van der Waals surface area contributed by atoms with E-state index in [4.69, 9.17) is 0 Å². The van der Waals surface area contributed by atoms with Gasteiger partial charge in [-0.2, -0.15) is 12.6 Å². The highest BCUT2D eigenvalue weighted by molar-refractivity contribution is 7.80. The van der Waals surface area contributed by atoms with Crippen molar-refractivity contribution in [3.05, 3.63) is 18.2 Å². The maximum Gasteiger partial charge on any atom is 0.227 e. The van der Waals surface area contributed by atoms with Crippen molar-refractivity contribution in [2.24, 2.45) is 5.92 Å². The van der Waals surface area contributed by atoms with Crippen LogP contribution < -0.4 is 4.90 Å². The third-order valence-electron chi connectivity index (χ3n) is 2.64. The lowest BCUT2D eigenvalue weighted by Gasteiger charge is -2.17. The predicted molar refractivity (Wildman–Crippen MR) is 61.1 cm³/mol. The van der Waals surface area contributed by atoms with E-state index in [2.05, 4.69) is 22.6 Å². The highest BCUT2D eigenvalue weighted by atomic mass is 32.1. The molecule has 1 atom stereocenters. The van der Waals surface area contributed by atoms with Gasteiger partial charge in [-0.1, -0.05) is 0 Å². The van der Waals surface area contributed by atoms with Gasteiger partial charge in [0.2, 0.25) is 5.91 Å². The van der Waals surface area contributed by atoms with Crippen molar-refractivity contribution in [3.8, 4) is 0 Å². The lowest BCUT2D eigenvalue weighted by Crippen LogP contribution is -2.25. The topological polar surface area (TPSA) is 46.1 Å². The molecule has 80 valence electrons. The lowest BCUT2D eigenvalue weighted by atomic mass is 10.1. The highest BCUT2D eigenvalue weighted by Crippen LogP contribution is 2.26. The standard InChI is InChI=1S/C10H13N3OS/c1-7-9(3-11-6-12-7)13-4-8(5-15)2-10(13)14/h3,6,8,15H,2,4-5H2,1H3. The van der Waals surface area contributed by atoms with Crippen LogP contribution in [0.2, 0.25) is 0 Å². The van der Waals surface area contributed by atoms with Crippen molar-refractivity contribution >= 4 is 24.2 Å². The molecule has 1 aromatic rings. The molecule has 1 amide bonds. The Morgan fingerprint density at radius 2 is 2.47 bits per heavy atom. The molecule has 0 spiro atoms. The summed E-state index contributed by atoms with van der Waals surface area (Å²) in [4.78, 5) is 21.5. The van der Waals surface area contributed by atoms with Crippen LogP contribution in [0.1, 0.15) is 12.1 Å². The summed E-state index contributed by atoms with van der Waals surface area (Å²) in [5.41, 5.74) is 1.67. The molecule has 1 aliphatic heterocycles. The summed E-state index contributed by atoms with van der Waals surface area (Å²) in [6.45, 7) is 2.62. The van der Waals surface area contributed by atoms with Gasteiger partial charge in [0.15, 0.2) is 0 Å². The first kappa shape index (κ1) is 10.4. The fourth-order valence-electron chi connectivity index (χ4n) is 1.79. The van der Waals surface area contributed by atoms with E-state index in [9.17, 15) is 4.79 Å². The first-order chi connectivity index (χ1) is 7.22. The van der Waals surface area contributed by atoms with Gasteiger partial charge in [0.25, 0.3) is 0 Å². The van der Waals surface area contributed by atoms with Crippen LogP contribution in [-0.4, -0.2) is 28.2 Å². The van der Waals surface area contributed by atoms with Crippen molar-refractivity contribution in [1.82, 2.24) is 9.97 Å². The number of thiol groups is 1. The van der Waals surface area contributed by atoms with Crippen LogP contribution >= 0.6 is 12.6 Å². The minimum Gasteiger partial charge on any atom is -0.309 e. The van der Waals surface area contributed by atoms with Gasteiger partial charge in [-0.3, -0.25) is 4.79 Å². The summed E-state index contributed by atoms with van der Waals surface area (Å²) < 4.78 is 0. The number of carbonyl (C=O) groups is 1. The number of hydrogen-bond acceptors (Lipinski definition) is 4. The molecule has 0 saturated carbocycles. The molecular formula is C10H13N3OS. The molecule has 0 aromatic carbocycles. The first-order valence-electron chi connectivity index (χ1n) is 4.90. The second-order valence-corrected chi connectivity index (χ2v) is 4.12. The van der Waals surface area contributed by atoms with Crippen LogP contribution in [-0.2, 0) is 4.79 Å². The van der Waals surface area contributed by atoms with Crippen molar-refractivity contribution in [2.75, 3.05) is 17.2 Å². The molecule has 2 heterocycles. The van der Waals surface area contributed by atoms with Gasteiger partial charge in [0, 0.05) is 13.0 Å². The summed E-state index contributed by atoms with van der Waals surface area (Å²) in [6.07, 6.45) is 3.77. The first-order valence-corrected chi connectivity index (χ1v) is 5.53. The van der Waals surface area contributed by atoms with Crippen molar-refractivity contribution < 1.29 is 4.79 Å². The Morgan fingerprint density at radius 1 is 1.67 bits per heavy atom. The van der Waals surface area contributed by atoms with Gasteiger partial charge in [0.05, 0.1) is 17.6 Å². The Kier molecular flexibility index (Phi) is 2.90. The monoisotopic (exact) mass is 223 g/mol. The summed E-state index contributed by atoms with van der Waals surface area (Å²) in [5.74, 6) is 1.24. The van der Waals surface area contributed by atoms with Crippen LogP contribution in [0.5, 0.6) is 0 Å². The maximum absolute atomic E-state index is 11.7. The minimum atomic E-state index is 0.145. The van der Waals surface area contributed by atoms with Crippen molar-refractivity contribution in [1.29, 1.82) is 0 Å². The zero-order valence-electron chi connectivity index (χ0n) is 8.55. The largest absolute Gasteiger partial charge is 0.309 e. The third-order valence-corrected chi connectivity index (χ3v) is 3.16. The van der Waals surface area contributed by atoms with Crippen LogP contribution in [0.3, 0.4) is 0 Å². The Bertz CT molecular complexity index is 383. The number of nitrogens with zero attached hydrogens (tertiary/aromatic N) is 3. The van der Waals surface area contributed by atoms with E-state index in [1.807, 2.05) is 6.92 Å². The predicted octanol–water partition coefficient (Wildman–Crippen LogP) is 1.07. The molecular weight excluding hydrogens is 210 g/mol. The van der Waals surface area contributed by atoms with E-state index in [-0.39, 0.29) is 5.91 Å². The maximum atomic E-state index is 11.7. The normalized spacial score (nSPS) is 21.1. The van der Waals surface area contributed by atoms with Gasteiger partial charge in [-0.15, -0.1) is 0 Å². The summed E-state index contributed by atoms with van der Waals surface area (Å²) in [7, 11) is 0. The van der Waals surface area contributed by atoms with E-state index in [1.54, 1.807) is 11.1 Å². The molecule has 0 radical (unpaired) electrons. The Morgan fingerprint density at radius 3 is 3.07 bits per heavy atom. The van der Waals surface area contributed by atoms with Gasteiger partial charge in [-0.05, 0) is 18.6 Å². The number of amides is 1. The summed E-state index contributed by atoms with van der Waals surface area (Å²) in [6, 6.07) is 0. The Labute approximate surface area is 94.1 Å². The molecule has 4 nitrogen and oxygen atoms in total.